The minimum absolute atomic E-state index is 0.0582. The number of Topliss-reactive ketones (excluding diaryl/α,β-unsaturated/α-hetero) is 2. The Morgan fingerprint density at radius 2 is 1.34 bits per heavy atom. The van der Waals surface area contributed by atoms with Gasteiger partial charge in [-0.15, -0.1) is 0 Å². The van der Waals surface area contributed by atoms with Crippen LogP contribution in [-0.2, 0) is 33.3 Å². The van der Waals surface area contributed by atoms with Crippen molar-refractivity contribution in [1.82, 2.24) is 0 Å². The Bertz CT molecular complexity index is 2280. The van der Waals surface area contributed by atoms with Crippen LogP contribution in [0.5, 0.6) is 0 Å². The molecule has 2 saturated heterocycles. The zero-order valence-electron chi connectivity index (χ0n) is 45.7. The van der Waals surface area contributed by atoms with Crippen molar-refractivity contribution in [1.29, 1.82) is 0 Å². The maximum atomic E-state index is 13.4. The summed E-state index contributed by atoms with van der Waals surface area (Å²) in [5.41, 5.74) is 12.8. The number of fused-ring (bicyclic) bond motifs is 2. The molecule has 0 spiro atoms. The maximum Gasteiger partial charge on any atom is 0.311 e. The molecule has 440 valence electrons. The Morgan fingerprint density at radius 3 is 1.95 bits per heavy atom. The molecule has 2 bridgehead atoms. The molecular formula is C59H86N2O18. The van der Waals surface area contributed by atoms with Gasteiger partial charge in [-0.2, -0.15) is 0 Å². The Kier molecular flexibility index (Phi) is 27.8. The molecule has 20 nitrogen and oxygen atoms in total. The second kappa shape index (κ2) is 33.0. The number of allylic oxidation sites excluding steroid dienone is 12. The fraction of sp³-hybridized carbons (Fsp3) is 0.593. The molecule has 0 aromatic heterocycles. The van der Waals surface area contributed by atoms with Gasteiger partial charge in [0.05, 0.1) is 73.5 Å². The standard InChI is InChI=1S/C59H86N2O18/c1-35-18-15-13-11-9-7-5-6-8-10-12-14-16-21-46(77-58-55(72)53(61)54(71)38(4)76-58)31-50-52(57(73)74)49(69)34-59(75,79-50)33-45(66)29-44(65)28-43(64)27-41(62)19-17-20-42(63)30-51(70)78-56(35)37(3)26-36(2)47(67)32-48(68)39-22-24-40(60)25-23-39/h5-16,18,21-25,35-38,42-47,49-50,52-56,58,63-67,69,71-72,75H,17,19-20,26-34,60-61H2,1-4H3,(H,73,74)/b6-5+,9-7+,10-8-,13-11+,14-12+,18-15+,21-16+/t35-,36-,37-,38+,42+,43-,44-,45-,46-,47-,49-,50-,52+,53-,54+,55-,56-,58-,59+/m0/s1. The number of nitrogen functional groups attached to an aromatic ring is 1. The van der Waals surface area contributed by atoms with Gasteiger partial charge in [0.25, 0.3) is 0 Å². The molecule has 0 radical (unpaired) electrons. The average molecular weight is 1110 g/mol. The number of aliphatic carboxylic acids is 1. The molecule has 3 aliphatic heterocycles. The van der Waals surface area contributed by atoms with Gasteiger partial charge in [0.2, 0.25) is 0 Å². The van der Waals surface area contributed by atoms with Crippen molar-refractivity contribution in [3.8, 4) is 0 Å². The molecule has 2 fully saturated rings. The van der Waals surface area contributed by atoms with E-state index in [1.807, 2.05) is 32.9 Å². The number of aliphatic hydroxyl groups excluding tert-OH is 8. The first-order chi connectivity index (χ1) is 37.4. The Morgan fingerprint density at radius 1 is 0.759 bits per heavy atom. The van der Waals surface area contributed by atoms with E-state index >= 15 is 0 Å². The summed E-state index contributed by atoms with van der Waals surface area (Å²) in [6, 6.07) is 5.30. The Balaban J connectivity index is 1.53. The smallest absolute Gasteiger partial charge is 0.311 e. The van der Waals surface area contributed by atoms with Gasteiger partial charge < -0.3 is 81.5 Å². The highest BCUT2D eigenvalue weighted by Crippen LogP contribution is 2.38. The first-order valence-electron chi connectivity index (χ1n) is 27.3. The van der Waals surface area contributed by atoms with Crippen LogP contribution in [0.2, 0.25) is 0 Å². The Labute approximate surface area is 463 Å². The summed E-state index contributed by atoms with van der Waals surface area (Å²) in [4.78, 5) is 51.7. The molecule has 0 unspecified atom stereocenters. The quantitative estimate of drug-likeness (QED) is 0.0905. The number of ketones is 2. The lowest BCUT2D eigenvalue weighted by Gasteiger charge is -2.45. The normalized spacial score (nSPS) is 37.9. The first-order valence-corrected chi connectivity index (χ1v) is 27.3. The van der Waals surface area contributed by atoms with Gasteiger partial charge in [0.1, 0.15) is 23.9 Å². The Hall–Kier alpha value is -5.04. The van der Waals surface area contributed by atoms with Crippen LogP contribution >= 0.6 is 0 Å². The van der Waals surface area contributed by atoms with Gasteiger partial charge >= 0.3 is 11.9 Å². The molecule has 0 saturated carbocycles. The fourth-order valence-corrected chi connectivity index (χ4v) is 10.1. The summed E-state index contributed by atoms with van der Waals surface area (Å²) in [5, 5.41) is 109. The third kappa shape index (κ3) is 22.8. The van der Waals surface area contributed by atoms with Crippen LogP contribution in [0.15, 0.2) is 109 Å². The summed E-state index contributed by atoms with van der Waals surface area (Å²) in [7, 11) is 0. The van der Waals surface area contributed by atoms with Gasteiger partial charge in [0.15, 0.2) is 17.9 Å². The fourth-order valence-electron chi connectivity index (χ4n) is 10.1. The van der Waals surface area contributed by atoms with Gasteiger partial charge in [-0.1, -0.05) is 106 Å². The number of carboxylic acid groups (broad SMARTS) is 1. The van der Waals surface area contributed by atoms with Crippen LogP contribution in [0.3, 0.4) is 0 Å². The van der Waals surface area contributed by atoms with E-state index in [0.29, 0.717) is 17.7 Å². The predicted molar refractivity (Wildman–Crippen MR) is 293 cm³/mol. The number of benzene rings is 1. The molecule has 19 atom stereocenters. The molecule has 79 heavy (non-hydrogen) atoms. The minimum Gasteiger partial charge on any atom is -0.481 e. The second-order valence-corrected chi connectivity index (χ2v) is 21.6. The average Bonchev–Trinajstić information content (AvgIpc) is 3.40. The lowest BCUT2D eigenvalue weighted by molar-refractivity contribution is -0.308. The van der Waals surface area contributed by atoms with Crippen molar-refractivity contribution in [3.63, 3.8) is 0 Å². The minimum atomic E-state index is -2.32. The van der Waals surface area contributed by atoms with E-state index in [4.69, 9.17) is 30.4 Å². The van der Waals surface area contributed by atoms with E-state index in [0.717, 1.165) is 0 Å². The van der Waals surface area contributed by atoms with Gasteiger partial charge in [-0.25, -0.2) is 0 Å². The number of carboxylic acids is 1. The van der Waals surface area contributed by atoms with Crippen LogP contribution in [0.1, 0.15) is 115 Å². The molecule has 3 aliphatic rings. The molecule has 4 rings (SSSR count). The highest BCUT2D eigenvalue weighted by molar-refractivity contribution is 5.96. The second-order valence-electron chi connectivity index (χ2n) is 21.6. The largest absolute Gasteiger partial charge is 0.481 e. The maximum absolute atomic E-state index is 13.4. The van der Waals surface area contributed by atoms with Crippen LogP contribution in [-0.4, -0.2) is 166 Å². The van der Waals surface area contributed by atoms with E-state index < -0.39 is 128 Å². The molecule has 0 aliphatic carbocycles. The molecule has 3 heterocycles. The van der Waals surface area contributed by atoms with Gasteiger partial charge in [-0.3, -0.25) is 19.2 Å². The van der Waals surface area contributed by atoms with Crippen molar-refractivity contribution in [2.45, 2.75) is 196 Å². The monoisotopic (exact) mass is 1110 g/mol. The van der Waals surface area contributed by atoms with Crippen LogP contribution in [0, 0.1) is 23.7 Å². The van der Waals surface area contributed by atoms with Crippen LogP contribution in [0.25, 0.3) is 0 Å². The number of hydrogen-bond acceptors (Lipinski definition) is 19. The molecule has 1 aromatic carbocycles. The summed E-state index contributed by atoms with van der Waals surface area (Å²) in [6.07, 6.45) is 5.48. The number of cyclic esters (lactones) is 1. The van der Waals surface area contributed by atoms with E-state index in [9.17, 15) is 70.2 Å². The molecule has 0 amide bonds. The number of carbonyl (C=O) groups excluding carboxylic acids is 3. The van der Waals surface area contributed by atoms with Gasteiger partial charge in [-0.05, 0) is 75.1 Å². The summed E-state index contributed by atoms with van der Waals surface area (Å²) >= 11 is 0. The molecule has 20 heteroatoms. The summed E-state index contributed by atoms with van der Waals surface area (Å²) in [6.45, 7) is 7.13. The number of hydrogen-bond donors (Lipinski definition) is 12. The summed E-state index contributed by atoms with van der Waals surface area (Å²) in [5.74, 6) is -7.63. The van der Waals surface area contributed by atoms with Crippen molar-refractivity contribution >= 4 is 29.2 Å². The SMILES string of the molecule is C[C@H]1/C=C/C=C/C=C/C=C/C=C\C=C\C=C\[C@H](O[C@@H]2O[C@H](C)[C@@H](O)[C@H](N)[C@@H]2O)C[C@@H]2O[C@](O)(C[C@@H](O)C[C@@H](O)C[C@@H](O)CC(=O)CCC[C@@H](O)CC(=O)O[C@@H]1[C@@H](C)C[C@H](C)[C@@H](O)CC(=O)c1ccc(N)cc1)C[C@H](O)[C@H]2C(=O)O. The number of aliphatic hydroxyl groups is 9. The lowest BCUT2D eigenvalue weighted by atomic mass is 9.82. The van der Waals surface area contributed by atoms with E-state index in [2.05, 4.69) is 0 Å². The van der Waals surface area contributed by atoms with Crippen molar-refractivity contribution < 1.29 is 89.2 Å². The topological polar surface area (TPSA) is 360 Å². The highest BCUT2D eigenvalue weighted by Gasteiger charge is 2.51. The van der Waals surface area contributed by atoms with Crippen molar-refractivity contribution in [3.05, 3.63) is 115 Å². The third-order valence-corrected chi connectivity index (χ3v) is 14.5. The van der Waals surface area contributed by atoms with Crippen molar-refractivity contribution in [2.24, 2.45) is 29.4 Å². The predicted octanol–water partition coefficient (Wildman–Crippen LogP) is 3.56. The van der Waals surface area contributed by atoms with E-state index in [-0.39, 0.29) is 80.7 Å². The lowest BCUT2D eigenvalue weighted by Crippen LogP contribution is -2.61. The molecular weight excluding hydrogens is 1020 g/mol. The van der Waals surface area contributed by atoms with Crippen molar-refractivity contribution in [2.75, 3.05) is 5.73 Å². The molecule has 1 aromatic rings. The van der Waals surface area contributed by atoms with Crippen LogP contribution in [0.4, 0.5) is 5.69 Å². The first kappa shape index (κ1) is 66.5. The molecule has 14 N–H and O–H groups in total. The highest BCUT2D eigenvalue weighted by atomic mass is 16.7. The van der Waals surface area contributed by atoms with E-state index in [1.165, 1.54) is 13.0 Å². The number of ether oxygens (including phenoxy) is 4. The number of esters is 1. The number of carbonyl (C=O) groups is 4. The van der Waals surface area contributed by atoms with Gasteiger partial charge in [0, 0.05) is 55.7 Å². The number of nitrogens with two attached hydrogens (primary N) is 2. The van der Waals surface area contributed by atoms with E-state index in [1.54, 1.807) is 91.1 Å². The number of rotatable bonds is 10. The number of anilines is 1. The van der Waals surface area contributed by atoms with Crippen LogP contribution < -0.4 is 11.5 Å². The zero-order valence-corrected chi connectivity index (χ0v) is 45.7. The zero-order chi connectivity index (χ0) is 58.4. The summed E-state index contributed by atoms with van der Waals surface area (Å²) < 4.78 is 23.8. The third-order valence-electron chi connectivity index (χ3n) is 14.5.